The van der Waals surface area contributed by atoms with Gasteiger partial charge in [-0.1, -0.05) is 89.9 Å². The van der Waals surface area contributed by atoms with Crippen LogP contribution in [-0.2, 0) is 28.5 Å². The normalized spacial score (nSPS) is 10.9. The standard InChI is InChI=1S/C27H50O6/c1-3-5-6-7-8-9-10-11-12-13-14-15-16-17-27(28)33-26-25-32-24-23-31-22-21-30-20-19-29-18-4-2/h2H,3,5-26H2,1H3. The highest BCUT2D eigenvalue weighted by molar-refractivity contribution is 5.69. The van der Waals surface area contributed by atoms with Crippen molar-refractivity contribution in [3.05, 3.63) is 0 Å². The van der Waals surface area contributed by atoms with Crippen LogP contribution >= 0.6 is 0 Å². The molecule has 0 fully saturated rings. The summed E-state index contributed by atoms with van der Waals surface area (Å²) in [6.07, 6.45) is 22.5. The van der Waals surface area contributed by atoms with Crippen molar-refractivity contribution in [1.29, 1.82) is 0 Å². The minimum absolute atomic E-state index is 0.124. The Balaban J connectivity index is 3.14. The topological polar surface area (TPSA) is 63.2 Å². The maximum absolute atomic E-state index is 11.7. The van der Waals surface area contributed by atoms with Gasteiger partial charge in [0.2, 0.25) is 0 Å². The molecular weight excluding hydrogens is 420 g/mol. The van der Waals surface area contributed by atoms with Crippen LogP contribution in [0.15, 0.2) is 0 Å². The summed E-state index contributed by atoms with van der Waals surface area (Å²) in [4.78, 5) is 11.7. The first-order valence-corrected chi connectivity index (χ1v) is 13.2. The predicted octanol–water partition coefficient (Wildman–Crippen LogP) is 5.71. The fourth-order valence-electron chi connectivity index (χ4n) is 3.36. The van der Waals surface area contributed by atoms with Gasteiger partial charge in [0.25, 0.3) is 0 Å². The molecule has 6 nitrogen and oxygen atoms in total. The number of carbonyl (C=O) groups is 1. The Labute approximate surface area is 203 Å². The largest absolute Gasteiger partial charge is 0.463 e. The van der Waals surface area contributed by atoms with E-state index in [0.29, 0.717) is 65.9 Å². The first-order valence-electron chi connectivity index (χ1n) is 13.2. The molecular formula is C27H50O6. The number of hydrogen-bond donors (Lipinski definition) is 0. The molecule has 0 aromatic rings. The third-order valence-corrected chi connectivity index (χ3v) is 5.28. The third-order valence-electron chi connectivity index (χ3n) is 5.28. The van der Waals surface area contributed by atoms with E-state index in [0.717, 1.165) is 12.8 Å². The molecule has 0 heterocycles. The van der Waals surface area contributed by atoms with Gasteiger partial charge in [0, 0.05) is 6.42 Å². The monoisotopic (exact) mass is 470 g/mol. The Kier molecular flexibility index (Phi) is 27.9. The van der Waals surface area contributed by atoms with Gasteiger partial charge in [-0.05, 0) is 6.42 Å². The second-order valence-electron chi connectivity index (χ2n) is 8.31. The second-order valence-corrected chi connectivity index (χ2v) is 8.31. The Morgan fingerprint density at radius 2 is 0.970 bits per heavy atom. The zero-order chi connectivity index (χ0) is 24.1. The van der Waals surface area contributed by atoms with E-state index in [9.17, 15) is 4.79 Å². The molecule has 0 rings (SSSR count). The van der Waals surface area contributed by atoms with Gasteiger partial charge in [-0.2, -0.15) is 0 Å². The van der Waals surface area contributed by atoms with E-state index in [1.54, 1.807) is 0 Å². The van der Waals surface area contributed by atoms with Crippen molar-refractivity contribution in [3.63, 3.8) is 0 Å². The van der Waals surface area contributed by atoms with Crippen LogP contribution in [0.25, 0.3) is 0 Å². The van der Waals surface area contributed by atoms with Gasteiger partial charge in [-0.15, -0.1) is 6.42 Å². The van der Waals surface area contributed by atoms with Gasteiger partial charge in [0.1, 0.15) is 13.2 Å². The molecule has 0 aliphatic rings. The number of carbonyl (C=O) groups excluding carboxylic acids is 1. The molecule has 0 aliphatic carbocycles. The van der Waals surface area contributed by atoms with Gasteiger partial charge >= 0.3 is 5.97 Å². The van der Waals surface area contributed by atoms with Crippen LogP contribution in [0.2, 0.25) is 0 Å². The van der Waals surface area contributed by atoms with Gasteiger partial charge in [0.15, 0.2) is 0 Å². The van der Waals surface area contributed by atoms with Crippen molar-refractivity contribution in [2.24, 2.45) is 0 Å². The molecule has 6 heteroatoms. The van der Waals surface area contributed by atoms with Crippen LogP contribution in [0.4, 0.5) is 0 Å². The lowest BCUT2D eigenvalue weighted by Crippen LogP contribution is -2.14. The first kappa shape index (κ1) is 31.9. The molecule has 0 saturated carbocycles. The van der Waals surface area contributed by atoms with Gasteiger partial charge in [-0.3, -0.25) is 4.79 Å². The SMILES string of the molecule is C#CCOCCOCCOCCOCCOC(=O)CCCCCCCCCCCCCCC. The molecule has 0 amide bonds. The van der Waals surface area contributed by atoms with E-state index in [1.165, 1.54) is 70.6 Å². The van der Waals surface area contributed by atoms with Crippen molar-refractivity contribution in [1.82, 2.24) is 0 Å². The van der Waals surface area contributed by atoms with Crippen LogP contribution in [0.3, 0.4) is 0 Å². The zero-order valence-corrected chi connectivity index (χ0v) is 21.3. The van der Waals surface area contributed by atoms with Crippen molar-refractivity contribution in [2.45, 2.75) is 96.8 Å². The number of terminal acetylenes is 1. The van der Waals surface area contributed by atoms with Crippen molar-refractivity contribution in [2.75, 3.05) is 59.5 Å². The molecule has 0 unspecified atom stereocenters. The molecule has 0 spiro atoms. The minimum atomic E-state index is -0.124. The molecule has 33 heavy (non-hydrogen) atoms. The Morgan fingerprint density at radius 3 is 1.42 bits per heavy atom. The summed E-state index contributed by atoms with van der Waals surface area (Å²) in [5, 5.41) is 0. The summed E-state index contributed by atoms with van der Waals surface area (Å²) in [5.41, 5.74) is 0. The van der Waals surface area contributed by atoms with E-state index in [-0.39, 0.29) is 5.97 Å². The molecule has 0 N–H and O–H groups in total. The van der Waals surface area contributed by atoms with E-state index >= 15 is 0 Å². The quantitative estimate of drug-likeness (QED) is 0.0870. The molecule has 0 aliphatic heterocycles. The first-order chi connectivity index (χ1) is 16.3. The maximum Gasteiger partial charge on any atom is 0.305 e. The highest BCUT2D eigenvalue weighted by Crippen LogP contribution is 2.13. The summed E-state index contributed by atoms with van der Waals surface area (Å²) in [6.45, 7) is 6.26. The molecule has 194 valence electrons. The summed E-state index contributed by atoms with van der Waals surface area (Å²) in [7, 11) is 0. The lowest BCUT2D eigenvalue weighted by molar-refractivity contribution is -0.145. The molecule has 0 bridgehead atoms. The van der Waals surface area contributed by atoms with Crippen LogP contribution in [-0.4, -0.2) is 65.4 Å². The highest BCUT2D eigenvalue weighted by atomic mass is 16.6. The smallest absolute Gasteiger partial charge is 0.305 e. The van der Waals surface area contributed by atoms with Gasteiger partial charge in [-0.25, -0.2) is 0 Å². The number of unbranched alkanes of at least 4 members (excludes halogenated alkanes) is 12. The lowest BCUT2D eigenvalue weighted by Gasteiger charge is -2.08. The Morgan fingerprint density at radius 1 is 0.576 bits per heavy atom. The number of ether oxygens (including phenoxy) is 5. The third kappa shape index (κ3) is 28.8. The summed E-state index contributed by atoms with van der Waals surface area (Å²) < 4.78 is 26.4. The van der Waals surface area contributed by atoms with Crippen LogP contribution in [0.1, 0.15) is 96.8 Å². The summed E-state index contributed by atoms with van der Waals surface area (Å²) >= 11 is 0. The fraction of sp³-hybridized carbons (Fsp3) is 0.889. The van der Waals surface area contributed by atoms with Gasteiger partial charge in [0.05, 0.1) is 46.2 Å². The highest BCUT2D eigenvalue weighted by Gasteiger charge is 2.02. The van der Waals surface area contributed by atoms with Crippen molar-refractivity contribution < 1.29 is 28.5 Å². The van der Waals surface area contributed by atoms with E-state index in [4.69, 9.17) is 30.1 Å². The van der Waals surface area contributed by atoms with Crippen LogP contribution < -0.4 is 0 Å². The van der Waals surface area contributed by atoms with E-state index in [2.05, 4.69) is 12.8 Å². The molecule has 0 atom stereocenters. The summed E-state index contributed by atoms with van der Waals surface area (Å²) in [6, 6.07) is 0. The van der Waals surface area contributed by atoms with Crippen LogP contribution in [0, 0.1) is 12.3 Å². The maximum atomic E-state index is 11.7. The molecule has 0 aromatic heterocycles. The zero-order valence-electron chi connectivity index (χ0n) is 21.3. The van der Waals surface area contributed by atoms with Crippen molar-refractivity contribution >= 4 is 5.97 Å². The number of rotatable bonds is 27. The number of hydrogen-bond acceptors (Lipinski definition) is 6. The average molecular weight is 471 g/mol. The van der Waals surface area contributed by atoms with Gasteiger partial charge < -0.3 is 23.7 Å². The Hall–Kier alpha value is -1.13. The molecule has 0 aromatic carbocycles. The summed E-state index contributed by atoms with van der Waals surface area (Å²) in [5.74, 6) is 2.27. The van der Waals surface area contributed by atoms with E-state index < -0.39 is 0 Å². The Bertz CT molecular complexity index is 435. The lowest BCUT2D eigenvalue weighted by atomic mass is 10.0. The average Bonchev–Trinajstić information content (AvgIpc) is 2.82. The second kappa shape index (κ2) is 28.9. The predicted molar refractivity (Wildman–Crippen MR) is 133 cm³/mol. The molecule has 0 radical (unpaired) electrons. The fourth-order valence-corrected chi connectivity index (χ4v) is 3.36. The van der Waals surface area contributed by atoms with Crippen molar-refractivity contribution in [3.8, 4) is 12.3 Å². The molecule has 0 saturated heterocycles. The van der Waals surface area contributed by atoms with Crippen LogP contribution in [0.5, 0.6) is 0 Å². The minimum Gasteiger partial charge on any atom is -0.463 e. The number of esters is 1. The van der Waals surface area contributed by atoms with E-state index in [1.807, 2.05) is 0 Å².